The summed E-state index contributed by atoms with van der Waals surface area (Å²) in [7, 11) is 1.63. The molecule has 1 aliphatic rings. The molecular formula is C16H22ClNO. The summed E-state index contributed by atoms with van der Waals surface area (Å²) in [6, 6.07) is 5.88. The predicted molar refractivity (Wildman–Crippen MR) is 81.6 cm³/mol. The lowest BCUT2D eigenvalue weighted by Gasteiger charge is -2.24. The highest BCUT2D eigenvalue weighted by Gasteiger charge is 2.16. The lowest BCUT2D eigenvalue weighted by atomic mass is 9.83. The van der Waals surface area contributed by atoms with Gasteiger partial charge in [-0.3, -0.25) is 0 Å². The van der Waals surface area contributed by atoms with E-state index in [0.29, 0.717) is 23.2 Å². The van der Waals surface area contributed by atoms with Crippen LogP contribution in [0.1, 0.15) is 37.7 Å². The first-order valence-corrected chi connectivity index (χ1v) is 7.36. The van der Waals surface area contributed by atoms with Gasteiger partial charge in [0.2, 0.25) is 0 Å². The van der Waals surface area contributed by atoms with Gasteiger partial charge in [-0.15, -0.1) is 0 Å². The zero-order valence-corrected chi connectivity index (χ0v) is 12.2. The molecule has 104 valence electrons. The second kappa shape index (κ2) is 6.97. The fourth-order valence-corrected chi connectivity index (χ4v) is 3.07. The molecule has 0 unspecified atom stereocenters. The number of hydrogen-bond acceptors (Lipinski definition) is 2. The maximum absolute atomic E-state index is 6.16. The summed E-state index contributed by atoms with van der Waals surface area (Å²) in [5, 5.41) is 0.649. The zero-order valence-electron chi connectivity index (χ0n) is 11.5. The molecule has 0 amide bonds. The van der Waals surface area contributed by atoms with Crippen molar-refractivity contribution in [3.05, 3.63) is 34.4 Å². The van der Waals surface area contributed by atoms with Crippen molar-refractivity contribution in [2.75, 3.05) is 13.7 Å². The monoisotopic (exact) mass is 279 g/mol. The second-order valence-electron chi connectivity index (χ2n) is 5.15. The molecule has 3 heteroatoms. The van der Waals surface area contributed by atoms with Gasteiger partial charge in [-0.05, 0) is 36.5 Å². The fraction of sp³-hybridized carbons (Fsp3) is 0.500. The zero-order chi connectivity index (χ0) is 13.7. The molecule has 0 spiro atoms. The van der Waals surface area contributed by atoms with Crippen molar-refractivity contribution >= 4 is 17.7 Å². The maximum Gasteiger partial charge on any atom is 0.137 e. The summed E-state index contributed by atoms with van der Waals surface area (Å²) in [6.45, 7) is 0.633. The normalized spacial score (nSPS) is 17.5. The van der Waals surface area contributed by atoms with E-state index in [1.165, 1.54) is 37.7 Å². The summed E-state index contributed by atoms with van der Waals surface area (Å²) in [5.74, 6) is 1.37. The van der Waals surface area contributed by atoms with Gasteiger partial charge in [0, 0.05) is 6.54 Å². The van der Waals surface area contributed by atoms with Gasteiger partial charge in [0.15, 0.2) is 0 Å². The van der Waals surface area contributed by atoms with E-state index in [1.807, 2.05) is 18.2 Å². The molecule has 0 atom stereocenters. The van der Waals surface area contributed by atoms with Crippen LogP contribution in [-0.2, 0) is 0 Å². The highest BCUT2D eigenvalue weighted by Crippen LogP contribution is 2.31. The first-order chi connectivity index (χ1) is 9.24. The molecule has 1 aromatic rings. The van der Waals surface area contributed by atoms with Gasteiger partial charge < -0.3 is 10.5 Å². The Kier molecular flexibility index (Phi) is 5.29. The number of hydrogen-bond donors (Lipinski definition) is 1. The molecule has 1 aliphatic carbocycles. The van der Waals surface area contributed by atoms with Crippen LogP contribution in [0.3, 0.4) is 0 Å². The Bertz CT molecular complexity index is 450. The van der Waals surface area contributed by atoms with Crippen molar-refractivity contribution in [1.29, 1.82) is 0 Å². The molecule has 2 N–H and O–H groups in total. The molecule has 2 nitrogen and oxygen atoms in total. The molecule has 0 saturated heterocycles. The molecule has 1 fully saturated rings. The molecular weight excluding hydrogens is 258 g/mol. The van der Waals surface area contributed by atoms with E-state index in [0.717, 1.165) is 5.56 Å². The summed E-state index contributed by atoms with van der Waals surface area (Å²) in [6.07, 6.45) is 8.75. The van der Waals surface area contributed by atoms with Crippen LogP contribution < -0.4 is 10.5 Å². The topological polar surface area (TPSA) is 35.2 Å². The summed E-state index contributed by atoms with van der Waals surface area (Å²) >= 11 is 6.16. The van der Waals surface area contributed by atoms with Crippen LogP contribution in [0.2, 0.25) is 5.02 Å². The van der Waals surface area contributed by atoms with Crippen molar-refractivity contribution in [2.24, 2.45) is 11.7 Å². The highest BCUT2D eigenvalue weighted by atomic mass is 35.5. The average molecular weight is 280 g/mol. The number of methoxy groups -OCH3 is 1. The van der Waals surface area contributed by atoms with Gasteiger partial charge in [-0.1, -0.05) is 48.6 Å². The Morgan fingerprint density at radius 3 is 2.68 bits per heavy atom. The van der Waals surface area contributed by atoms with E-state index in [2.05, 4.69) is 6.08 Å². The second-order valence-corrected chi connectivity index (χ2v) is 5.56. The molecule has 0 aromatic heterocycles. The number of ether oxygens (including phenoxy) is 1. The molecule has 0 radical (unpaired) electrons. The van der Waals surface area contributed by atoms with Crippen LogP contribution in [0.25, 0.3) is 6.08 Å². The van der Waals surface area contributed by atoms with Crippen LogP contribution in [0.4, 0.5) is 0 Å². The van der Waals surface area contributed by atoms with Crippen molar-refractivity contribution in [2.45, 2.75) is 32.1 Å². The SMILES string of the molecule is COc1ccc(C=C(CN)C2CCCCC2)cc1Cl. The predicted octanol–water partition coefficient (Wildman–Crippen LogP) is 4.27. The van der Waals surface area contributed by atoms with Crippen molar-refractivity contribution in [3.63, 3.8) is 0 Å². The minimum Gasteiger partial charge on any atom is -0.495 e. The van der Waals surface area contributed by atoms with Gasteiger partial charge in [-0.2, -0.15) is 0 Å². The van der Waals surface area contributed by atoms with Crippen LogP contribution in [0, 0.1) is 5.92 Å². The van der Waals surface area contributed by atoms with Crippen molar-refractivity contribution in [1.82, 2.24) is 0 Å². The standard InChI is InChI=1S/C16H22ClNO/c1-19-16-8-7-12(10-15(16)17)9-14(11-18)13-5-3-2-4-6-13/h7-10,13H,2-6,11,18H2,1H3. The Morgan fingerprint density at radius 1 is 1.37 bits per heavy atom. The first kappa shape index (κ1) is 14.4. The lowest BCUT2D eigenvalue weighted by Crippen LogP contribution is -2.16. The van der Waals surface area contributed by atoms with Crippen molar-refractivity contribution < 1.29 is 4.74 Å². The van der Waals surface area contributed by atoms with Crippen LogP contribution >= 0.6 is 11.6 Å². The maximum atomic E-state index is 6.16. The molecule has 0 aliphatic heterocycles. The van der Waals surface area contributed by atoms with E-state index in [9.17, 15) is 0 Å². The largest absolute Gasteiger partial charge is 0.495 e. The van der Waals surface area contributed by atoms with E-state index in [4.69, 9.17) is 22.1 Å². The Hall–Kier alpha value is -0.990. The fourth-order valence-electron chi connectivity index (χ4n) is 2.80. The number of benzene rings is 1. The van der Waals surface area contributed by atoms with E-state index in [1.54, 1.807) is 7.11 Å². The minimum absolute atomic E-state index is 0.633. The van der Waals surface area contributed by atoms with Crippen LogP contribution in [0.5, 0.6) is 5.75 Å². The number of halogens is 1. The molecule has 0 heterocycles. The first-order valence-electron chi connectivity index (χ1n) is 6.98. The molecule has 19 heavy (non-hydrogen) atoms. The third-order valence-corrected chi connectivity index (χ3v) is 4.19. The van der Waals surface area contributed by atoms with Gasteiger partial charge >= 0.3 is 0 Å². The highest BCUT2D eigenvalue weighted by molar-refractivity contribution is 6.32. The Morgan fingerprint density at radius 2 is 2.11 bits per heavy atom. The van der Waals surface area contributed by atoms with Crippen LogP contribution in [-0.4, -0.2) is 13.7 Å². The average Bonchev–Trinajstić information content (AvgIpc) is 2.46. The Balaban J connectivity index is 2.19. The molecule has 0 bridgehead atoms. The van der Waals surface area contributed by atoms with E-state index < -0.39 is 0 Å². The molecule has 1 saturated carbocycles. The third-order valence-electron chi connectivity index (χ3n) is 3.89. The summed E-state index contributed by atoms with van der Waals surface area (Å²) in [4.78, 5) is 0. The quantitative estimate of drug-likeness (QED) is 0.893. The molecule has 2 rings (SSSR count). The Labute approximate surface area is 120 Å². The van der Waals surface area contributed by atoms with Crippen molar-refractivity contribution in [3.8, 4) is 5.75 Å². The van der Waals surface area contributed by atoms with E-state index in [-0.39, 0.29) is 0 Å². The summed E-state index contributed by atoms with van der Waals surface area (Å²) in [5.41, 5.74) is 8.38. The number of nitrogens with two attached hydrogens (primary N) is 1. The molecule has 1 aromatic carbocycles. The van der Waals surface area contributed by atoms with Gasteiger partial charge in [0.25, 0.3) is 0 Å². The van der Waals surface area contributed by atoms with E-state index >= 15 is 0 Å². The van der Waals surface area contributed by atoms with Gasteiger partial charge in [-0.25, -0.2) is 0 Å². The van der Waals surface area contributed by atoms with Crippen LogP contribution in [0.15, 0.2) is 23.8 Å². The number of rotatable bonds is 4. The summed E-state index contributed by atoms with van der Waals surface area (Å²) < 4.78 is 5.17. The smallest absolute Gasteiger partial charge is 0.137 e. The van der Waals surface area contributed by atoms with Gasteiger partial charge in [0.05, 0.1) is 12.1 Å². The van der Waals surface area contributed by atoms with Gasteiger partial charge in [0.1, 0.15) is 5.75 Å². The third kappa shape index (κ3) is 3.74. The minimum atomic E-state index is 0.633. The lowest BCUT2D eigenvalue weighted by molar-refractivity contribution is 0.401.